The van der Waals surface area contributed by atoms with Crippen molar-refractivity contribution in [2.45, 2.75) is 65.0 Å². The summed E-state index contributed by atoms with van der Waals surface area (Å²) in [5.74, 6) is 0. The highest BCUT2D eigenvalue weighted by Crippen LogP contribution is 2.36. The van der Waals surface area contributed by atoms with Crippen molar-refractivity contribution in [1.82, 2.24) is 5.32 Å². The molecule has 1 aromatic heterocycles. The Morgan fingerprint density at radius 3 is 2.94 bits per heavy atom. The van der Waals surface area contributed by atoms with E-state index in [4.69, 9.17) is 0 Å². The minimum atomic E-state index is 0.531. The van der Waals surface area contributed by atoms with Gasteiger partial charge in [-0.25, -0.2) is 0 Å². The lowest BCUT2D eigenvalue weighted by Crippen LogP contribution is -2.39. The van der Waals surface area contributed by atoms with Gasteiger partial charge in [0.1, 0.15) is 0 Å². The Labute approximate surface area is 110 Å². The molecule has 2 heteroatoms. The maximum Gasteiger partial charge on any atom is 0.0414 e. The largest absolute Gasteiger partial charge is 0.306 e. The van der Waals surface area contributed by atoms with Gasteiger partial charge in [0.25, 0.3) is 0 Å². The fraction of sp³-hybridized carbons (Fsp3) is 0.733. The normalized spacial score (nSPS) is 25.7. The number of nitrogens with one attached hydrogen (secondary N) is 1. The smallest absolute Gasteiger partial charge is 0.0414 e. The Kier molecular flexibility index (Phi) is 4.26. The van der Waals surface area contributed by atoms with Crippen molar-refractivity contribution in [2.75, 3.05) is 0 Å². The van der Waals surface area contributed by atoms with Gasteiger partial charge < -0.3 is 5.32 Å². The lowest BCUT2D eigenvalue weighted by molar-refractivity contribution is 0.188. The molecule has 1 heterocycles. The summed E-state index contributed by atoms with van der Waals surface area (Å²) < 4.78 is 0. The van der Waals surface area contributed by atoms with Gasteiger partial charge in [0.15, 0.2) is 0 Å². The molecule has 0 bridgehead atoms. The van der Waals surface area contributed by atoms with E-state index >= 15 is 0 Å². The van der Waals surface area contributed by atoms with Gasteiger partial charge in [0.2, 0.25) is 0 Å². The molecule has 1 N–H and O–H groups in total. The van der Waals surface area contributed by atoms with Gasteiger partial charge in [0.05, 0.1) is 0 Å². The first kappa shape index (κ1) is 13.1. The number of rotatable bonds is 4. The van der Waals surface area contributed by atoms with Crippen LogP contribution >= 0.6 is 11.3 Å². The van der Waals surface area contributed by atoms with E-state index in [0.29, 0.717) is 17.5 Å². The quantitative estimate of drug-likeness (QED) is 0.813. The first-order valence-electron chi connectivity index (χ1n) is 6.90. The third-order valence-electron chi connectivity index (χ3n) is 3.94. The van der Waals surface area contributed by atoms with E-state index in [9.17, 15) is 0 Å². The van der Waals surface area contributed by atoms with E-state index in [1.807, 2.05) is 11.3 Å². The van der Waals surface area contributed by atoms with Crippen LogP contribution in [0, 0.1) is 5.41 Å². The summed E-state index contributed by atoms with van der Waals surface area (Å²) >= 11 is 1.88. The Morgan fingerprint density at radius 1 is 1.53 bits per heavy atom. The van der Waals surface area contributed by atoms with Crippen LogP contribution in [0.3, 0.4) is 0 Å². The van der Waals surface area contributed by atoms with E-state index < -0.39 is 0 Å². The van der Waals surface area contributed by atoms with Crippen LogP contribution in [0.1, 0.15) is 63.8 Å². The second kappa shape index (κ2) is 5.53. The van der Waals surface area contributed by atoms with E-state index in [-0.39, 0.29) is 0 Å². The van der Waals surface area contributed by atoms with Gasteiger partial charge in [-0.05, 0) is 42.5 Å². The summed E-state index contributed by atoms with van der Waals surface area (Å²) in [6.07, 6.45) is 6.64. The SMILES string of the molecule is CCC(NC1CCCC(C)(C)C1)c1cccs1. The van der Waals surface area contributed by atoms with Crippen molar-refractivity contribution < 1.29 is 0 Å². The second-order valence-electron chi connectivity index (χ2n) is 6.10. The molecule has 2 atom stereocenters. The number of hydrogen-bond acceptors (Lipinski definition) is 2. The van der Waals surface area contributed by atoms with Gasteiger partial charge in [-0.15, -0.1) is 11.3 Å². The fourth-order valence-corrected chi connectivity index (χ4v) is 3.89. The Morgan fingerprint density at radius 2 is 2.35 bits per heavy atom. The lowest BCUT2D eigenvalue weighted by atomic mass is 9.75. The molecule has 0 amide bonds. The lowest BCUT2D eigenvalue weighted by Gasteiger charge is -2.37. The zero-order valence-electron chi connectivity index (χ0n) is 11.3. The van der Waals surface area contributed by atoms with E-state index in [1.165, 1.54) is 37.0 Å². The zero-order valence-corrected chi connectivity index (χ0v) is 12.1. The average Bonchev–Trinajstić information content (AvgIpc) is 2.78. The molecule has 1 nitrogen and oxygen atoms in total. The van der Waals surface area contributed by atoms with Gasteiger partial charge in [-0.1, -0.05) is 33.3 Å². The van der Waals surface area contributed by atoms with E-state index in [2.05, 4.69) is 43.6 Å². The molecule has 2 unspecified atom stereocenters. The molecular formula is C15H25NS. The minimum Gasteiger partial charge on any atom is -0.306 e. The van der Waals surface area contributed by atoms with Gasteiger partial charge in [0, 0.05) is 17.0 Å². The Bertz CT molecular complexity index is 329. The highest BCUT2D eigenvalue weighted by molar-refractivity contribution is 7.10. The molecule has 0 spiro atoms. The Balaban J connectivity index is 1.95. The summed E-state index contributed by atoms with van der Waals surface area (Å²) in [5.41, 5.74) is 0.531. The summed E-state index contributed by atoms with van der Waals surface area (Å²) in [7, 11) is 0. The molecule has 2 rings (SSSR count). The molecule has 0 saturated heterocycles. The molecule has 0 radical (unpaired) electrons. The van der Waals surface area contributed by atoms with Crippen LogP contribution in [-0.4, -0.2) is 6.04 Å². The fourth-order valence-electron chi connectivity index (χ4n) is 3.02. The molecule has 1 aliphatic carbocycles. The molecule has 17 heavy (non-hydrogen) atoms. The van der Waals surface area contributed by atoms with Crippen molar-refractivity contribution in [3.8, 4) is 0 Å². The molecule has 96 valence electrons. The van der Waals surface area contributed by atoms with Crippen LogP contribution in [0.5, 0.6) is 0 Å². The standard InChI is InChI=1S/C15H25NS/c1-4-13(14-8-6-10-17-14)16-12-7-5-9-15(2,3)11-12/h6,8,10,12-13,16H,4-5,7,9,11H2,1-3H3. The predicted octanol–water partition coefficient (Wildman–Crippen LogP) is 4.76. The third-order valence-corrected chi connectivity index (χ3v) is 4.92. The maximum absolute atomic E-state index is 3.87. The topological polar surface area (TPSA) is 12.0 Å². The van der Waals surface area contributed by atoms with Crippen LogP contribution in [0.4, 0.5) is 0 Å². The molecule has 1 aliphatic rings. The maximum atomic E-state index is 3.87. The minimum absolute atomic E-state index is 0.531. The van der Waals surface area contributed by atoms with E-state index in [0.717, 1.165) is 0 Å². The molecule has 1 saturated carbocycles. The first-order chi connectivity index (χ1) is 8.11. The first-order valence-corrected chi connectivity index (χ1v) is 7.78. The van der Waals surface area contributed by atoms with Crippen LogP contribution in [0.25, 0.3) is 0 Å². The van der Waals surface area contributed by atoms with Crippen molar-refractivity contribution in [3.05, 3.63) is 22.4 Å². The molecule has 1 fully saturated rings. The highest BCUT2D eigenvalue weighted by Gasteiger charge is 2.29. The highest BCUT2D eigenvalue weighted by atomic mass is 32.1. The van der Waals surface area contributed by atoms with Gasteiger partial charge in [-0.3, -0.25) is 0 Å². The van der Waals surface area contributed by atoms with Crippen molar-refractivity contribution >= 4 is 11.3 Å². The molecule has 0 aliphatic heterocycles. The van der Waals surface area contributed by atoms with Crippen molar-refractivity contribution in [1.29, 1.82) is 0 Å². The van der Waals surface area contributed by atoms with Gasteiger partial charge >= 0.3 is 0 Å². The van der Waals surface area contributed by atoms with Crippen LogP contribution in [-0.2, 0) is 0 Å². The van der Waals surface area contributed by atoms with Crippen LogP contribution < -0.4 is 5.32 Å². The summed E-state index contributed by atoms with van der Waals surface area (Å²) in [6, 6.07) is 5.70. The summed E-state index contributed by atoms with van der Waals surface area (Å²) in [5, 5.41) is 6.06. The molecular weight excluding hydrogens is 226 g/mol. The monoisotopic (exact) mass is 251 g/mol. The summed E-state index contributed by atoms with van der Waals surface area (Å²) in [4.78, 5) is 1.50. The third kappa shape index (κ3) is 3.56. The van der Waals surface area contributed by atoms with Crippen molar-refractivity contribution in [3.63, 3.8) is 0 Å². The van der Waals surface area contributed by atoms with Gasteiger partial charge in [-0.2, -0.15) is 0 Å². The number of thiophene rings is 1. The number of hydrogen-bond donors (Lipinski definition) is 1. The molecule has 0 aromatic carbocycles. The predicted molar refractivity (Wildman–Crippen MR) is 76.5 cm³/mol. The average molecular weight is 251 g/mol. The van der Waals surface area contributed by atoms with Crippen LogP contribution in [0.2, 0.25) is 0 Å². The van der Waals surface area contributed by atoms with E-state index in [1.54, 1.807) is 0 Å². The summed E-state index contributed by atoms with van der Waals surface area (Å²) in [6.45, 7) is 7.10. The second-order valence-corrected chi connectivity index (χ2v) is 7.08. The van der Waals surface area contributed by atoms with Crippen molar-refractivity contribution in [2.24, 2.45) is 5.41 Å². The van der Waals surface area contributed by atoms with Crippen LogP contribution in [0.15, 0.2) is 17.5 Å². The zero-order chi connectivity index (χ0) is 12.3. The molecule has 1 aromatic rings. The Hall–Kier alpha value is -0.340.